The van der Waals surface area contributed by atoms with Crippen LogP contribution in [-0.2, 0) is 4.74 Å². The maximum absolute atomic E-state index is 11.6. The van der Waals surface area contributed by atoms with Crippen LogP contribution < -0.4 is 5.32 Å². The van der Waals surface area contributed by atoms with Crippen LogP contribution in [0.3, 0.4) is 0 Å². The third-order valence-corrected chi connectivity index (χ3v) is 2.92. The van der Waals surface area contributed by atoms with Gasteiger partial charge in [-0.1, -0.05) is 20.8 Å². The van der Waals surface area contributed by atoms with E-state index in [0.717, 1.165) is 38.4 Å². The van der Waals surface area contributed by atoms with Crippen LogP contribution in [0.5, 0.6) is 0 Å². The van der Waals surface area contributed by atoms with E-state index in [9.17, 15) is 4.79 Å². The maximum atomic E-state index is 11.6. The molecule has 94 valence electrons. The van der Waals surface area contributed by atoms with Crippen LogP contribution in [0, 0.1) is 5.92 Å². The van der Waals surface area contributed by atoms with Gasteiger partial charge in [0.25, 0.3) is 0 Å². The van der Waals surface area contributed by atoms with Gasteiger partial charge >= 0.3 is 6.09 Å². The van der Waals surface area contributed by atoms with Gasteiger partial charge in [0.2, 0.25) is 0 Å². The second kappa shape index (κ2) is 6.74. The van der Waals surface area contributed by atoms with Gasteiger partial charge in [-0.15, -0.1) is 0 Å². The van der Waals surface area contributed by atoms with Gasteiger partial charge in [-0.25, -0.2) is 4.79 Å². The van der Waals surface area contributed by atoms with Crippen LogP contribution in [0.4, 0.5) is 4.79 Å². The van der Waals surface area contributed by atoms with Crippen LogP contribution >= 0.6 is 0 Å². The van der Waals surface area contributed by atoms with Crippen molar-refractivity contribution in [2.75, 3.05) is 26.2 Å². The van der Waals surface area contributed by atoms with Crippen LogP contribution in [0.15, 0.2) is 0 Å². The van der Waals surface area contributed by atoms with E-state index >= 15 is 0 Å². The molecule has 1 aliphatic heterocycles. The Kier molecular flexibility index (Phi) is 5.60. The Morgan fingerprint density at radius 1 is 1.44 bits per heavy atom. The van der Waals surface area contributed by atoms with E-state index in [4.69, 9.17) is 4.74 Å². The van der Waals surface area contributed by atoms with Crippen molar-refractivity contribution in [2.24, 2.45) is 5.92 Å². The van der Waals surface area contributed by atoms with Gasteiger partial charge in [0.1, 0.15) is 6.61 Å². The molecule has 0 unspecified atom stereocenters. The van der Waals surface area contributed by atoms with Gasteiger partial charge < -0.3 is 15.0 Å². The lowest BCUT2D eigenvalue weighted by Gasteiger charge is -2.29. The monoisotopic (exact) mass is 228 g/mol. The smallest absolute Gasteiger partial charge is 0.409 e. The third-order valence-electron chi connectivity index (χ3n) is 2.92. The number of carbonyl (C=O) groups excluding carboxylic acids is 1. The second-order valence-electron chi connectivity index (χ2n) is 4.89. The summed E-state index contributed by atoms with van der Waals surface area (Å²) in [6.45, 7) is 9.27. The molecular formula is C12H24N2O2. The lowest BCUT2D eigenvalue weighted by Crippen LogP contribution is -2.39. The average Bonchev–Trinajstić information content (AvgIpc) is 2.25. The maximum Gasteiger partial charge on any atom is 0.409 e. The molecule has 1 amide bonds. The summed E-state index contributed by atoms with van der Waals surface area (Å²) in [6, 6.07) is 0.439. The van der Waals surface area contributed by atoms with E-state index in [-0.39, 0.29) is 6.09 Å². The molecule has 0 aromatic carbocycles. The lowest BCUT2D eigenvalue weighted by molar-refractivity contribution is 0.0894. The van der Waals surface area contributed by atoms with Crippen LogP contribution in [-0.4, -0.2) is 43.3 Å². The first kappa shape index (κ1) is 13.3. The summed E-state index contributed by atoms with van der Waals surface area (Å²) < 4.78 is 5.19. The Morgan fingerprint density at radius 2 is 2.06 bits per heavy atom. The zero-order valence-electron chi connectivity index (χ0n) is 10.7. The highest BCUT2D eigenvalue weighted by atomic mass is 16.6. The Labute approximate surface area is 98.3 Å². The Bertz CT molecular complexity index is 211. The summed E-state index contributed by atoms with van der Waals surface area (Å²) in [5.74, 6) is 0.742. The quantitative estimate of drug-likeness (QED) is 0.747. The van der Waals surface area contributed by atoms with Crippen molar-refractivity contribution in [1.29, 1.82) is 0 Å². The van der Waals surface area contributed by atoms with Crippen molar-refractivity contribution in [3.05, 3.63) is 0 Å². The van der Waals surface area contributed by atoms with Crippen molar-refractivity contribution >= 4 is 6.09 Å². The van der Waals surface area contributed by atoms with E-state index in [1.54, 1.807) is 0 Å². The number of hydrogen-bond acceptors (Lipinski definition) is 3. The predicted octanol–water partition coefficient (Wildman–Crippen LogP) is 1.85. The second-order valence-corrected chi connectivity index (χ2v) is 4.89. The number of piperidine rings is 1. The number of rotatable bonds is 4. The largest absolute Gasteiger partial charge is 0.448 e. The molecule has 0 spiro atoms. The number of amides is 1. The summed E-state index contributed by atoms with van der Waals surface area (Å²) in [7, 11) is 0. The van der Waals surface area contributed by atoms with Crippen molar-refractivity contribution in [3.8, 4) is 0 Å². The van der Waals surface area contributed by atoms with Crippen LogP contribution in [0.1, 0.15) is 33.6 Å². The first-order valence-electron chi connectivity index (χ1n) is 6.24. The molecule has 0 aromatic heterocycles. The van der Waals surface area contributed by atoms with Gasteiger partial charge in [0.05, 0.1) is 0 Å². The molecule has 1 aliphatic rings. The van der Waals surface area contributed by atoms with Crippen molar-refractivity contribution in [3.63, 3.8) is 0 Å². The summed E-state index contributed by atoms with van der Waals surface area (Å²) in [5.41, 5.74) is 0. The number of carbonyl (C=O) groups is 1. The molecule has 1 N–H and O–H groups in total. The van der Waals surface area contributed by atoms with Crippen molar-refractivity contribution in [1.82, 2.24) is 10.2 Å². The summed E-state index contributed by atoms with van der Waals surface area (Å²) in [4.78, 5) is 13.4. The van der Waals surface area contributed by atoms with E-state index < -0.39 is 0 Å². The molecule has 0 aromatic rings. The Morgan fingerprint density at radius 3 is 2.62 bits per heavy atom. The van der Waals surface area contributed by atoms with Crippen molar-refractivity contribution < 1.29 is 9.53 Å². The number of nitrogens with zero attached hydrogens (tertiary/aromatic N) is 1. The number of ether oxygens (including phenoxy) is 1. The minimum Gasteiger partial charge on any atom is -0.448 e. The molecule has 0 atom stereocenters. The number of hydrogen-bond donors (Lipinski definition) is 1. The molecule has 1 saturated heterocycles. The fourth-order valence-corrected chi connectivity index (χ4v) is 1.77. The minimum absolute atomic E-state index is 0.155. The van der Waals surface area contributed by atoms with Gasteiger partial charge in [-0.2, -0.15) is 0 Å². The van der Waals surface area contributed by atoms with Crippen LogP contribution in [0.2, 0.25) is 0 Å². The van der Waals surface area contributed by atoms with Gasteiger partial charge in [0.15, 0.2) is 0 Å². The zero-order chi connectivity index (χ0) is 12.0. The molecule has 16 heavy (non-hydrogen) atoms. The lowest BCUT2D eigenvalue weighted by atomic mass is 10.00. The predicted molar refractivity (Wildman–Crippen MR) is 64.5 cm³/mol. The fraction of sp³-hybridized carbons (Fsp3) is 0.917. The normalized spacial score (nSPS) is 17.9. The van der Waals surface area contributed by atoms with Crippen LogP contribution in [0.25, 0.3) is 0 Å². The molecule has 4 heteroatoms. The molecule has 0 saturated carbocycles. The van der Waals surface area contributed by atoms with E-state index in [2.05, 4.69) is 26.1 Å². The standard InChI is InChI=1S/C12H24N2O2/c1-10(2)13-6-9-16-12(15)14-7-4-11(3)5-8-14/h10-11,13H,4-9H2,1-3H3. The molecular weight excluding hydrogens is 204 g/mol. The SMILES string of the molecule is CC1CCN(C(=O)OCCNC(C)C)CC1. The van der Waals surface area contributed by atoms with Gasteiger partial charge in [-0.3, -0.25) is 0 Å². The van der Waals surface area contributed by atoms with Gasteiger partial charge in [0, 0.05) is 25.7 Å². The highest BCUT2D eigenvalue weighted by Crippen LogP contribution is 2.16. The molecule has 1 heterocycles. The fourth-order valence-electron chi connectivity index (χ4n) is 1.77. The molecule has 1 fully saturated rings. The average molecular weight is 228 g/mol. The highest BCUT2D eigenvalue weighted by Gasteiger charge is 2.20. The molecule has 0 bridgehead atoms. The number of nitrogens with one attached hydrogen (secondary N) is 1. The highest BCUT2D eigenvalue weighted by molar-refractivity contribution is 5.67. The van der Waals surface area contributed by atoms with Crippen molar-refractivity contribution in [2.45, 2.75) is 39.7 Å². The Hall–Kier alpha value is -0.770. The molecule has 0 aliphatic carbocycles. The zero-order valence-corrected chi connectivity index (χ0v) is 10.7. The number of likely N-dealkylation sites (tertiary alicyclic amines) is 1. The minimum atomic E-state index is -0.155. The van der Waals surface area contributed by atoms with E-state index in [1.165, 1.54) is 0 Å². The molecule has 4 nitrogen and oxygen atoms in total. The summed E-state index contributed by atoms with van der Waals surface area (Å²) in [6.07, 6.45) is 2.04. The first-order chi connectivity index (χ1) is 7.59. The first-order valence-corrected chi connectivity index (χ1v) is 6.24. The van der Waals surface area contributed by atoms with Gasteiger partial charge in [-0.05, 0) is 18.8 Å². The Balaban J connectivity index is 2.10. The molecule has 0 radical (unpaired) electrons. The summed E-state index contributed by atoms with van der Waals surface area (Å²) in [5, 5.41) is 3.22. The topological polar surface area (TPSA) is 41.6 Å². The summed E-state index contributed by atoms with van der Waals surface area (Å²) >= 11 is 0. The molecule has 1 rings (SSSR count). The van der Waals surface area contributed by atoms with E-state index in [0.29, 0.717) is 12.6 Å². The third kappa shape index (κ3) is 4.84. The van der Waals surface area contributed by atoms with E-state index in [1.807, 2.05) is 4.90 Å².